The predicted molar refractivity (Wildman–Crippen MR) is 70.7 cm³/mol. The van der Waals surface area contributed by atoms with Crippen molar-refractivity contribution in [3.8, 4) is 0 Å². The molecule has 1 aromatic rings. The number of nitrogens with one attached hydrogen (secondary N) is 1. The fraction of sp³-hybridized carbons (Fsp3) is 0.583. The second kappa shape index (κ2) is 5.66. The smallest absolute Gasteiger partial charge is 0.242 e. The first-order chi connectivity index (χ1) is 8.70. The van der Waals surface area contributed by atoms with Gasteiger partial charge >= 0.3 is 0 Å². The third-order valence-corrected chi connectivity index (χ3v) is 3.13. The summed E-state index contributed by atoms with van der Waals surface area (Å²) in [7, 11) is 3.68. The van der Waals surface area contributed by atoms with Gasteiger partial charge in [0.05, 0.1) is 6.54 Å². The molecule has 0 bridgehead atoms. The molecule has 0 spiro atoms. The van der Waals surface area contributed by atoms with Gasteiger partial charge in [0.2, 0.25) is 5.91 Å². The van der Waals surface area contributed by atoms with E-state index in [9.17, 15) is 4.79 Å². The quantitative estimate of drug-likeness (QED) is 0.845. The number of likely N-dealkylation sites (tertiary alicyclic amines) is 1. The Morgan fingerprint density at radius 3 is 2.83 bits per heavy atom. The highest BCUT2D eigenvalue weighted by Gasteiger charge is 2.19. The molecule has 1 aliphatic rings. The molecule has 1 fully saturated rings. The lowest BCUT2D eigenvalue weighted by Gasteiger charge is -2.22. The van der Waals surface area contributed by atoms with Crippen molar-refractivity contribution in [3.63, 3.8) is 0 Å². The molecule has 98 valence electrons. The minimum atomic E-state index is 0.166. The lowest BCUT2D eigenvalue weighted by atomic mass is 10.4. The minimum absolute atomic E-state index is 0.166. The highest BCUT2D eigenvalue weighted by molar-refractivity contribution is 5.81. The summed E-state index contributed by atoms with van der Waals surface area (Å²) in [5.74, 6) is 1.67. The van der Waals surface area contributed by atoms with E-state index in [1.807, 2.05) is 30.0 Å². The highest BCUT2D eigenvalue weighted by atomic mass is 16.2. The van der Waals surface area contributed by atoms with Gasteiger partial charge in [0.1, 0.15) is 18.0 Å². The Morgan fingerprint density at radius 1 is 1.44 bits per heavy atom. The van der Waals surface area contributed by atoms with E-state index < -0.39 is 0 Å². The van der Waals surface area contributed by atoms with Crippen molar-refractivity contribution in [2.24, 2.45) is 0 Å². The number of likely N-dealkylation sites (N-methyl/N-ethyl adjacent to an activating group) is 1. The average molecular weight is 249 g/mol. The molecular weight excluding hydrogens is 230 g/mol. The second-order valence-electron chi connectivity index (χ2n) is 4.46. The third kappa shape index (κ3) is 2.88. The van der Waals surface area contributed by atoms with Crippen LogP contribution in [0.15, 0.2) is 12.4 Å². The molecule has 0 radical (unpaired) electrons. The molecule has 6 nitrogen and oxygen atoms in total. The van der Waals surface area contributed by atoms with E-state index in [0.29, 0.717) is 6.54 Å². The molecule has 1 aromatic heterocycles. The van der Waals surface area contributed by atoms with Gasteiger partial charge in [0, 0.05) is 33.3 Å². The zero-order valence-electron chi connectivity index (χ0n) is 10.9. The van der Waals surface area contributed by atoms with Crippen molar-refractivity contribution in [1.29, 1.82) is 0 Å². The maximum Gasteiger partial charge on any atom is 0.242 e. The van der Waals surface area contributed by atoms with Gasteiger partial charge in [0.25, 0.3) is 0 Å². The molecule has 6 heteroatoms. The van der Waals surface area contributed by atoms with Gasteiger partial charge in [-0.1, -0.05) is 0 Å². The Labute approximate surface area is 107 Å². The molecule has 1 saturated heterocycles. The van der Waals surface area contributed by atoms with E-state index in [4.69, 9.17) is 0 Å². The third-order valence-electron chi connectivity index (χ3n) is 3.13. The van der Waals surface area contributed by atoms with Gasteiger partial charge in [-0.25, -0.2) is 9.97 Å². The van der Waals surface area contributed by atoms with Gasteiger partial charge in [-0.15, -0.1) is 0 Å². The van der Waals surface area contributed by atoms with Gasteiger partial charge in [-0.2, -0.15) is 0 Å². The van der Waals surface area contributed by atoms with Crippen molar-refractivity contribution in [3.05, 3.63) is 12.4 Å². The number of carbonyl (C=O) groups is 1. The van der Waals surface area contributed by atoms with Gasteiger partial charge in [0.15, 0.2) is 0 Å². The van der Waals surface area contributed by atoms with Crippen molar-refractivity contribution >= 4 is 17.5 Å². The number of aromatic nitrogens is 2. The average Bonchev–Trinajstić information content (AvgIpc) is 2.92. The Morgan fingerprint density at radius 2 is 2.17 bits per heavy atom. The van der Waals surface area contributed by atoms with E-state index in [0.717, 1.165) is 37.6 Å². The summed E-state index contributed by atoms with van der Waals surface area (Å²) < 4.78 is 0. The number of carbonyl (C=O) groups excluding carboxylic acids is 1. The predicted octanol–water partition coefficient (Wildman–Crippen LogP) is 0.577. The van der Waals surface area contributed by atoms with Crippen LogP contribution in [0.1, 0.15) is 12.8 Å². The fourth-order valence-corrected chi connectivity index (χ4v) is 2.04. The second-order valence-corrected chi connectivity index (χ2v) is 4.46. The van der Waals surface area contributed by atoms with Crippen LogP contribution in [0.4, 0.5) is 11.6 Å². The van der Waals surface area contributed by atoms with E-state index >= 15 is 0 Å². The van der Waals surface area contributed by atoms with Crippen molar-refractivity contribution in [1.82, 2.24) is 14.9 Å². The Kier molecular flexibility index (Phi) is 3.96. The molecule has 1 amide bonds. The maximum absolute atomic E-state index is 12.0. The lowest BCUT2D eigenvalue weighted by Crippen LogP contribution is -2.37. The first-order valence-corrected chi connectivity index (χ1v) is 6.19. The zero-order valence-corrected chi connectivity index (χ0v) is 10.9. The molecule has 0 unspecified atom stereocenters. The summed E-state index contributed by atoms with van der Waals surface area (Å²) in [4.78, 5) is 24.0. The standard InChI is InChI=1S/C12H19N5O/c1-13-10-7-11(15-9-14-10)16(2)8-12(18)17-5-3-4-6-17/h7,9H,3-6,8H2,1-2H3,(H,13,14,15). The first-order valence-electron chi connectivity index (χ1n) is 6.19. The molecule has 0 saturated carbocycles. The summed E-state index contributed by atoms with van der Waals surface area (Å²) in [5.41, 5.74) is 0. The fourth-order valence-electron chi connectivity index (χ4n) is 2.04. The van der Waals surface area contributed by atoms with Crippen LogP contribution in [0.3, 0.4) is 0 Å². The molecule has 1 aliphatic heterocycles. The van der Waals surface area contributed by atoms with Gasteiger partial charge in [-0.3, -0.25) is 4.79 Å². The van der Waals surface area contributed by atoms with Crippen LogP contribution in [0, 0.1) is 0 Å². The molecule has 0 atom stereocenters. The minimum Gasteiger partial charge on any atom is -0.373 e. The number of hydrogen-bond acceptors (Lipinski definition) is 5. The molecular formula is C12H19N5O. The number of nitrogens with zero attached hydrogens (tertiary/aromatic N) is 4. The molecule has 2 rings (SSSR count). The lowest BCUT2D eigenvalue weighted by molar-refractivity contribution is -0.128. The Balaban J connectivity index is 1.97. The summed E-state index contributed by atoms with van der Waals surface area (Å²) in [6.45, 7) is 2.14. The number of anilines is 2. The van der Waals surface area contributed by atoms with Crippen LogP contribution in [0.5, 0.6) is 0 Å². The summed E-state index contributed by atoms with van der Waals surface area (Å²) in [6.07, 6.45) is 3.73. The van der Waals surface area contributed by atoms with E-state index in [-0.39, 0.29) is 5.91 Å². The van der Waals surface area contributed by atoms with Crippen molar-refractivity contribution in [2.75, 3.05) is 43.9 Å². The van der Waals surface area contributed by atoms with Crippen LogP contribution in [0.2, 0.25) is 0 Å². The zero-order chi connectivity index (χ0) is 13.0. The number of rotatable bonds is 4. The van der Waals surface area contributed by atoms with E-state index in [1.165, 1.54) is 6.33 Å². The van der Waals surface area contributed by atoms with Crippen LogP contribution < -0.4 is 10.2 Å². The normalized spacial score (nSPS) is 14.7. The van der Waals surface area contributed by atoms with Crippen LogP contribution >= 0.6 is 0 Å². The molecule has 0 aromatic carbocycles. The summed E-state index contributed by atoms with van der Waals surface area (Å²) in [6, 6.07) is 1.83. The van der Waals surface area contributed by atoms with E-state index in [2.05, 4.69) is 15.3 Å². The Hall–Kier alpha value is -1.85. The molecule has 1 N–H and O–H groups in total. The van der Waals surface area contributed by atoms with Crippen LogP contribution in [-0.2, 0) is 4.79 Å². The van der Waals surface area contributed by atoms with Crippen molar-refractivity contribution in [2.45, 2.75) is 12.8 Å². The monoisotopic (exact) mass is 249 g/mol. The Bertz CT molecular complexity index is 417. The summed E-state index contributed by atoms with van der Waals surface area (Å²) >= 11 is 0. The first kappa shape index (κ1) is 12.6. The molecule has 2 heterocycles. The van der Waals surface area contributed by atoms with Gasteiger partial charge in [-0.05, 0) is 12.8 Å². The topological polar surface area (TPSA) is 61.4 Å². The number of hydrogen-bond donors (Lipinski definition) is 1. The largest absolute Gasteiger partial charge is 0.373 e. The highest BCUT2D eigenvalue weighted by Crippen LogP contribution is 2.13. The number of amides is 1. The van der Waals surface area contributed by atoms with Crippen LogP contribution in [0.25, 0.3) is 0 Å². The SMILES string of the molecule is CNc1cc(N(C)CC(=O)N2CCCC2)ncn1. The van der Waals surface area contributed by atoms with E-state index in [1.54, 1.807) is 0 Å². The van der Waals surface area contributed by atoms with Gasteiger partial charge < -0.3 is 15.1 Å². The molecule has 0 aliphatic carbocycles. The summed E-state index contributed by atoms with van der Waals surface area (Å²) in [5, 5.41) is 2.96. The molecule has 18 heavy (non-hydrogen) atoms. The maximum atomic E-state index is 12.0. The van der Waals surface area contributed by atoms with Crippen LogP contribution in [-0.4, -0.2) is 54.5 Å². The van der Waals surface area contributed by atoms with Crippen molar-refractivity contribution < 1.29 is 4.79 Å².